The van der Waals surface area contributed by atoms with E-state index in [0.29, 0.717) is 6.04 Å². The van der Waals surface area contributed by atoms with Crippen molar-refractivity contribution < 1.29 is 9.15 Å². The number of nitrogens with one attached hydrogen (secondary N) is 1. The Hall–Kier alpha value is -0.550. The van der Waals surface area contributed by atoms with Crippen LogP contribution >= 0.6 is 12.4 Å². The molecular formula is C12H21ClN2O2. The number of hydrogen-bond donors (Lipinski definition) is 1. The van der Waals surface area contributed by atoms with Crippen molar-refractivity contribution >= 4 is 12.4 Å². The zero-order valence-electron chi connectivity index (χ0n) is 10.2. The lowest BCUT2D eigenvalue weighted by molar-refractivity contribution is 0.0203. The first-order valence-electron chi connectivity index (χ1n) is 5.90. The fraction of sp³-hybridized carbons (Fsp3) is 0.667. The number of furan rings is 1. The molecule has 4 nitrogen and oxygen atoms in total. The predicted octanol–water partition coefficient (Wildman–Crippen LogP) is 1.51. The lowest BCUT2D eigenvalue weighted by Gasteiger charge is -2.32. The van der Waals surface area contributed by atoms with E-state index in [-0.39, 0.29) is 12.4 Å². The lowest BCUT2D eigenvalue weighted by Crippen LogP contribution is -2.46. The largest absolute Gasteiger partial charge is 0.472 e. The van der Waals surface area contributed by atoms with Crippen molar-refractivity contribution in [3.05, 3.63) is 24.2 Å². The summed E-state index contributed by atoms with van der Waals surface area (Å²) in [6, 6.07) is 2.56. The quantitative estimate of drug-likeness (QED) is 0.871. The zero-order chi connectivity index (χ0) is 11.2. The van der Waals surface area contributed by atoms with Gasteiger partial charge in [0.1, 0.15) is 0 Å². The van der Waals surface area contributed by atoms with Crippen molar-refractivity contribution in [3.63, 3.8) is 0 Å². The van der Waals surface area contributed by atoms with E-state index in [2.05, 4.69) is 17.1 Å². The second-order valence-electron chi connectivity index (χ2n) is 4.26. The minimum atomic E-state index is 0. The Bertz CT molecular complexity index is 287. The van der Waals surface area contributed by atoms with E-state index in [4.69, 9.17) is 9.15 Å². The molecule has 1 aromatic heterocycles. The van der Waals surface area contributed by atoms with E-state index in [9.17, 15) is 0 Å². The third kappa shape index (κ3) is 4.68. The van der Waals surface area contributed by atoms with Gasteiger partial charge in [-0.15, -0.1) is 12.4 Å². The van der Waals surface area contributed by atoms with Gasteiger partial charge >= 0.3 is 0 Å². The summed E-state index contributed by atoms with van der Waals surface area (Å²) in [6.07, 6.45) is 3.49. The summed E-state index contributed by atoms with van der Waals surface area (Å²) in [5.41, 5.74) is 1.20. The van der Waals surface area contributed by atoms with Crippen LogP contribution in [0.1, 0.15) is 12.5 Å². The average molecular weight is 261 g/mol. The number of morpholine rings is 1. The smallest absolute Gasteiger partial charge is 0.0947 e. The Morgan fingerprint density at radius 1 is 1.41 bits per heavy atom. The van der Waals surface area contributed by atoms with Crippen molar-refractivity contribution in [2.75, 3.05) is 32.8 Å². The first kappa shape index (κ1) is 14.5. The van der Waals surface area contributed by atoms with Crippen LogP contribution in [0.15, 0.2) is 23.0 Å². The molecule has 0 aromatic carbocycles. The fourth-order valence-corrected chi connectivity index (χ4v) is 1.97. The van der Waals surface area contributed by atoms with E-state index in [1.807, 2.05) is 6.07 Å². The van der Waals surface area contributed by atoms with Gasteiger partial charge in [-0.1, -0.05) is 0 Å². The molecule has 0 spiro atoms. The Kier molecular flexibility index (Phi) is 6.58. The highest BCUT2D eigenvalue weighted by Gasteiger charge is 2.16. The van der Waals surface area contributed by atoms with Gasteiger partial charge in [-0.3, -0.25) is 4.90 Å². The normalized spacial score (nSPS) is 18.6. The summed E-state index contributed by atoms with van der Waals surface area (Å²) >= 11 is 0. The van der Waals surface area contributed by atoms with Crippen molar-refractivity contribution in [1.29, 1.82) is 0 Å². The van der Waals surface area contributed by atoms with Crippen LogP contribution in [-0.4, -0.2) is 43.8 Å². The van der Waals surface area contributed by atoms with Crippen molar-refractivity contribution in [2.45, 2.75) is 19.5 Å². The van der Waals surface area contributed by atoms with Crippen LogP contribution in [0.25, 0.3) is 0 Å². The highest BCUT2D eigenvalue weighted by molar-refractivity contribution is 5.85. The van der Waals surface area contributed by atoms with Gasteiger partial charge in [0, 0.05) is 37.8 Å². The molecule has 1 atom stereocenters. The van der Waals surface area contributed by atoms with E-state index in [1.54, 1.807) is 12.5 Å². The van der Waals surface area contributed by atoms with Gasteiger partial charge in [-0.2, -0.15) is 0 Å². The molecule has 0 aliphatic carbocycles. The fourth-order valence-electron chi connectivity index (χ4n) is 1.97. The first-order chi connectivity index (χ1) is 7.86. The Balaban J connectivity index is 0.00000144. The minimum absolute atomic E-state index is 0. The molecule has 17 heavy (non-hydrogen) atoms. The minimum Gasteiger partial charge on any atom is -0.472 e. The van der Waals surface area contributed by atoms with Crippen molar-refractivity contribution in [2.24, 2.45) is 0 Å². The third-order valence-electron chi connectivity index (χ3n) is 3.02. The number of rotatable bonds is 5. The number of hydrogen-bond acceptors (Lipinski definition) is 4. The molecule has 1 aliphatic heterocycles. The van der Waals surface area contributed by atoms with E-state index in [0.717, 1.165) is 39.4 Å². The Morgan fingerprint density at radius 3 is 2.82 bits per heavy atom. The maximum Gasteiger partial charge on any atom is 0.0947 e. The summed E-state index contributed by atoms with van der Waals surface area (Å²) in [7, 11) is 0. The molecule has 0 bridgehead atoms. The third-order valence-corrected chi connectivity index (χ3v) is 3.02. The van der Waals surface area contributed by atoms with E-state index >= 15 is 0 Å². The molecular weight excluding hydrogens is 240 g/mol. The van der Waals surface area contributed by atoms with Gasteiger partial charge in [0.2, 0.25) is 0 Å². The standard InChI is InChI=1S/C12H20N2O2.ClH/c1-11(14-3-6-15-7-4-14)8-13-9-12-2-5-16-10-12;/h2,5,10-11,13H,3-4,6-9H2,1H3;1H. The number of ether oxygens (including phenoxy) is 1. The van der Waals surface area contributed by atoms with Crippen LogP contribution in [0.5, 0.6) is 0 Å². The summed E-state index contributed by atoms with van der Waals surface area (Å²) < 4.78 is 10.4. The van der Waals surface area contributed by atoms with Crippen LogP contribution in [0.3, 0.4) is 0 Å². The van der Waals surface area contributed by atoms with Crippen molar-refractivity contribution in [3.8, 4) is 0 Å². The lowest BCUT2D eigenvalue weighted by atomic mass is 10.2. The van der Waals surface area contributed by atoms with Crippen LogP contribution in [-0.2, 0) is 11.3 Å². The van der Waals surface area contributed by atoms with Gasteiger partial charge < -0.3 is 14.5 Å². The van der Waals surface area contributed by atoms with Crippen LogP contribution in [0.2, 0.25) is 0 Å². The van der Waals surface area contributed by atoms with Gasteiger partial charge in [0.25, 0.3) is 0 Å². The van der Waals surface area contributed by atoms with Gasteiger partial charge in [0.15, 0.2) is 0 Å². The van der Waals surface area contributed by atoms with Crippen LogP contribution < -0.4 is 5.32 Å². The summed E-state index contributed by atoms with van der Waals surface area (Å²) in [4.78, 5) is 2.46. The number of halogens is 1. The van der Waals surface area contributed by atoms with Crippen LogP contribution in [0, 0.1) is 0 Å². The topological polar surface area (TPSA) is 37.6 Å². The Morgan fingerprint density at radius 2 is 2.18 bits per heavy atom. The Labute approximate surface area is 109 Å². The van der Waals surface area contributed by atoms with Gasteiger partial charge in [-0.25, -0.2) is 0 Å². The second kappa shape index (κ2) is 7.71. The average Bonchev–Trinajstić information content (AvgIpc) is 2.83. The molecule has 98 valence electrons. The van der Waals surface area contributed by atoms with Gasteiger partial charge in [-0.05, 0) is 13.0 Å². The van der Waals surface area contributed by atoms with Gasteiger partial charge in [0.05, 0.1) is 25.7 Å². The van der Waals surface area contributed by atoms with E-state index < -0.39 is 0 Å². The van der Waals surface area contributed by atoms with Crippen LogP contribution in [0.4, 0.5) is 0 Å². The highest BCUT2D eigenvalue weighted by atomic mass is 35.5. The predicted molar refractivity (Wildman–Crippen MR) is 69.5 cm³/mol. The molecule has 0 saturated carbocycles. The second-order valence-corrected chi connectivity index (χ2v) is 4.26. The maximum absolute atomic E-state index is 5.34. The molecule has 0 amide bonds. The first-order valence-corrected chi connectivity index (χ1v) is 5.90. The monoisotopic (exact) mass is 260 g/mol. The molecule has 1 N–H and O–H groups in total. The molecule has 1 fully saturated rings. The molecule has 1 aliphatic rings. The molecule has 2 heterocycles. The molecule has 1 aromatic rings. The molecule has 1 saturated heterocycles. The molecule has 2 rings (SSSR count). The maximum atomic E-state index is 5.34. The van der Waals surface area contributed by atoms with Crippen molar-refractivity contribution in [1.82, 2.24) is 10.2 Å². The SMILES string of the molecule is CC(CNCc1ccoc1)N1CCOCC1.Cl. The highest BCUT2D eigenvalue weighted by Crippen LogP contribution is 2.03. The molecule has 5 heteroatoms. The molecule has 1 unspecified atom stereocenters. The summed E-state index contributed by atoms with van der Waals surface area (Å²) in [5, 5.41) is 3.44. The molecule has 0 radical (unpaired) electrons. The summed E-state index contributed by atoms with van der Waals surface area (Å²) in [5.74, 6) is 0. The summed E-state index contributed by atoms with van der Waals surface area (Å²) in [6.45, 7) is 7.98. The zero-order valence-corrected chi connectivity index (χ0v) is 11.0. The van der Waals surface area contributed by atoms with E-state index in [1.165, 1.54) is 5.56 Å². The number of nitrogens with zero attached hydrogens (tertiary/aromatic N) is 1.